The SMILES string of the molecule is CC(C)(C)[N+](C)(C)C(=O)C(=O)[N+](C)(C)C(C)(C)CC[N+](C)(C)C(=O)C(=O)[N+](C)(C)C. The van der Waals surface area contributed by atoms with Crippen molar-refractivity contribution in [3.63, 3.8) is 0 Å². The summed E-state index contributed by atoms with van der Waals surface area (Å²) in [6.07, 6.45) is 0.477. The maximum Gasteiger partial charge on any atom is 0.442 e. The molecule has 0 saturated carbocycles. The first-order valence-electron chi connectivity index (χ1n) is 10.4. The average Bonchev–Trinajstić information content (AvgIpc) is 2.55. The Morgan fingerprint density at radius 3 is 1.27 bits per heavy atom. The molecule has 0 aliphatic heterocycles. The summed E-state index contributed by atoms with van der Waals surface area (Å²) in [4.78, 5) is 51.6. The van der Waals surface area contributed by atoms with Crippen molar-refractivity contribution in [1.29, 1.82) is 0 Å². The van der Waals surface area contributed by atoms with Crippen molar-refractivity contribution in [2.75, 3.05) is 70.0 Å². The molecule has 0 aromatic carbocycles. The van der Waals surface area contributed by atoms with Crippen LogP contribution in [0.25, 0.3) is 0 Å². The van der Waals surface area contributed by atoms with Gasteiger partial charge in [0.05, 0.1) is 81.9 Å². The van der Waals surface area contributed by atoms with Crippen LogP contribution < -0.4 is 0 Å². The van der Waals surface area contributed by atoms with Crippen molar-refractivity contribution in [3.05, 3.63) is 0 Å². The predicted molar refractivity (Wildman–Crippen MR) is 118 cm³/mol. The predicted octanol–water partition coefficient (Wildman–Crippen LogP) is 0.995. The van der Waals surface area contributed by atoms with E-state index in [0.29, 0.717) is 13.0 Å². The van der Waals surface area contributed by atoms with E-state index in [-0.39, 0.29) is 17.9 Å². The molecule has 0 rings (SSSR count). The van der Waals surface area contributed by atoms with E-state index in [1.807, 2.05) is 34.6 Å². The molecule has 0 heterocycles. The van der Waals surface area contributed by atoms with Crippen LogP contribution in [-0.4, -0.2) is 123 Å². The van der Waals surface area contributed by atoms with Crippen molar-refractivity contribution < 1.29 is 37.1 Å². The van der Waals surface area contributed by atoms with Gasteiger partial charge in [0.1, 0.15) is 5.54 Å². The highest BCUT2D eigenvalue weighted by molar-refractivity contribution is 6.29. The van der Waals surface area contributed by atoms with Gasteiger partial charge in [-0.2, -0.15) is 0 Å². The van der Waals surface area contributed by atoms with Gasteiger partial charge < -0.3 is 0 Å². The Kier molecular flexibility index (Phi) is 7.82. The van der Waals surface area contributed by atoms with E-state index < -0.39 is 34.7 Å². The Labute approximate surface area is 183 Å². The van der Waals surface area contributed by atoms with Crippen LogP contribution in [0, 0.1) is 0 Å². The molecule has 0 aromatic rings. The standard InChI is InChI=1S/C22H46N4O4/c1-21(2,3)25(11,12)19(29)20(30)26(13,14)22(4,5)15-16-24(9,10)18(28)17(27)23(6,7)8/h15-16H2,1-14H3/q+4. The summed E-state index contributed by atoms with van der Waals surface area (Å²) in [6.45, 7) is 10.0. The summed E-state index contributed by atoms with van der Waals surface area (Å²) in [6, 6.07) is 0. The van der Waals surface area contributed by atoms with Gasteiger partial charge in [-0.3, -0.25) is 8.97 Å². The summed E-state index contributed by atoms with van der Waals surface area (Å²) in [5.74, 6) is -1.87. The lowest BCUT2D eigenvalue weighted by Gasteiger charge is -2.45. The van der Waals surface area contributed by atoms with Gasteiger partial charge in [0.25, 0.3) is 0 Å². The highest BCUT2D eigenvalue weighted by Gasteiger charge is 2.55. The fourth-order valence-corrected chi connectivity index (χ4v) is 2.54. The second kappa shape index (κ2) is 8.22. The highest BCUT2D eigenvalue weighted by Crippen LogP contribution is 2.29. The third-order valence-corrected chi connectivity index (χ3v) is 7.01. The Morgan fingerprint density at radius 2 is 0.933 bits per heavy atom. The van der Waals surface area contributed by atoms with E-state index in [0.717, 1.165) is 0 Å². The van der Waals surface area contributed by atoms with Gasteiger partial charge in [-0.05, 0) is 34.6 Å². The Hall–Kier alpha value is -1.48. The molecule has 174 valence electrons. The Morgan fingerprint density at radius 1 is 0.567 bits per heavy atom. The number of carbonyl (C=O) groups excluding carboxylic acids is 4. The Balaban J connectivity index is 5.68. The quantitative estimate of drug-likeness (QED) is 0.493. The first kappa shape index (κ1) is 28.5. The Bertz CT molecular complexity index is 720. The van der Waals surface area contributed by atoms with Crippen LogP contribution in [0.5, 0.6) is 0 Å². The number of nitrogens with zero attached hydrogens (tertiary/aromatic N) is 4. The number of amides is 4. The smallest absolute Gasteiger partial charge is 0.255 e. The molecule has 0 aromatic heterocycles. The number of quaternary nitrogens is 4. The van der Waals surface area contributed by atoms with Crippen LogP contribution in [-0.2, 0) is 19.2 Å². The zero-order chi connectivity index (χ0) is 24.7. The minimum absolute atomic E-state index is 0.0539. The van der Waals surface area contributed by atoms with E-state index in [4.69, 9.17) is 0 Å². The third kappa shape index (κ3) is 5.60. The van der Waals surface area contributed by atoms with Crippen molar-refractivity contribution >= 4 is 23.6 Å². The summed E-state index contributed by atoms with van der Waals surface area (Å²) in [5, 5.41) is 0. The van der Waals surface area contributed by atoms with Crippen LogP contribution in [0.1, 0.15) is 41.0 Å². The fraction of sp³-hybridized carbons (Fsp3) is 0.818. The second-order valence-electron chi connectivity index (χ2n) is 12.3. The molecule has 0 saturated heterocycles. The molecular formula is C22H46N4O4+4. The van der Waals surface area contributed by atoms with Crippen LogP contribution >= 0.6 is 0 Å². The molecule has 0 radical (unpaired) electrons. The molecule has 30 heavy (non-hydrogen) atoms. The minimum Gasteiger partial charge on any atom is -0.255 e. The van der Waals surface area contributed by atoms with Crippen molar-refractivity contribution in [3.8, 4) is 0 Å². The summed E-state index contributed by atoms with van der Waals surface area (Å²) < 4.78 is -0.371. The lowest BCUT2D eigenvalue weighted by atomic mass is 9.94. The van der Waals surface area contributed by atoms with Gasteiger partial charge in [0, 0.05) is 0 Å². The van der Waals surface area contributed by atoms with Gasteiger partial charge in [0.15, 0.2) is 0 Å². The van der Waals surface area contributed by atoms with Crippen LogP contribution in [0.2, 0.25) is 0 Å². The van der Waals surface area contributed by atoms with E-state index in [1.54, 1.807) is 63.4 Å². The van der Waals surface area contributed by atoms with Crippen LogP contribution in [0.3, 0.4) is 0 Å². The zero-order valence-corrected chi connectivity index (χ0v) is 21.8. The normalized spacial score (nSPS) is 14.5. The molecule has 0 N–H and O–H groups in total. The molecule has 4 amide bonds. The number of hydrogen-bond donors (Lipinski definition) is 0. The van der Waals surface area contributed by atoms with Gasteiger partial charge in [-0.25, -0.2) is 28.1 Å². The fourth-order valence-electron chi connectivity index (χ4n) is 2.54. The second-order valence-corrected chi connectivity index (χ2v) is 12.3. The van der Waals surface area contributed by atoms with Crippen molar-refractivity contribution in [2.45, 2.75) is 52.1 Å². The molecule has 0 spiro atoms. The third-order valence-electron chi connectivity index (χ3n) is 7.01. The van der Waals surface area contributed by atoms with Crippen LogP contribution in [0.15, 0.2) is 0 Å². The molecule has 0 unspecified atom stereocenters. The summed E-state index contributed by atoms with van der Waals surface area (Å²) in [7, 11) is 15.4. The molecule has 0 bridgehead atoms. The van der Waals surface area contributed by atoms with Gasteiger partial charge in [-0.15, -0.1) is 0 Å². The molecule has 0 aliphatic rings. The van der Waals surface area contributed by atoms with Gasteiger partial charge in [-0.1, -0.05) is 0 Å². The van der Waals surface area contributed by atoms with Gasteiger partial charge >= 0.3 is 23.6 Å². The zero-order valence-electron chi connectivity index (χ0n) is 21.8. The van der Waals surface area contributed by atoms with E-state index in [2.05, 4.69) is 0 Å². The summed E-state index contributed by atoms with van der Waals surface area (Å²) in [5.41, 5.74) is -1.05. The maximum atomic E-state index is 13.3. The monoisotopic (exact) mass is 430 g/mol. The van der Waals surface area contributed by atoms with Gasteiger partial charge in [0.2, 0.25) is 0 Å². The highest BCUT2D eigenvalue weighted by atomic mass is 16.2. The number of rotatable bonds is 4. The maximum absolute atomic E-state index is 13.3. The molecule has 0 aliphatic carbocycles. The van der Waals surface area contributed by atoms with E-state index >= 15 is 0 Å². The number of carbonyl (C=O) groups is 4. The van der Waals surface area contributed by atoms with Crippen molar-refractivity contribution in [2.24, 2.45) is 0 Å². The first-order chi connectivity index (χ1) is 12.8. The molecule has 8 nitrogen and oxygen atoms in total. The van der Waals surface area contributed by atoms with E-state index in [1.165, 1.54) is 0 Å². The molecular weight excluding hydrogens is 384 g/mol. The van der Waals surface area contributed by atoms with Crippen LogP contribution in [0.4, 0.5) is 0 Å². The lowest BCUT2D eigenvalue weighted by Crippen LogP contribution is -2.69. The lowest BCUT2D eigenvalue weighted by molar-refractivity contribution is -0.891. The molecule has 8 heteroatoms. The largest absolute Gasteiger partial charge is 0.442 e. The molecule has 0 atom stereocenters. The average molecular weight is 431 g/mol. The minimum atomic E-state index is -0.625. The number of likely N-dealkylation sites (N-methyl/N-ethyl adjacent to an activating group) is 4. The molecule has 0 fully saturated rings. The topological polar surface area (TPSA) is 68.3 Å². The summed E-state index contributed by atoms with van der Waals surface area (Å²) >= 11 is 0. The van der Waals surface area contributed by atoms with Crippen molar-refractivity contribution in [1.82, 2.24) is 0 Å². The number of hydrogen-bond acceptors (Lipinski definition) is 4. The first-order valence-corrected chi connectivity index (χ1v) is 10.4. The van der Waals surface area contributed by atoms with E-state index in [9.17, 15) is 19.2 Å².